The van der Waals surface area contributed by atoms with E-state index in [4.69, 9.17) is 14.7 Å². The van der Waals surface area contributed by atoms with Crippen LogP contribution in [0.15, 0.2) is 36.5 Å². The van der Waals surface area contributed by atoms with Crippen molar-refractivity contribution in [1.82, 2.24) is 14.9 Å². The zero-order chi connectivity index (χ0) is 20.1. The Kier molecular flexibility index (Phi) is 6.05. The summed E-state index contributed by atoms with van der Waals surface area (Å²) < 4.78 is 12.4. The molecular weight excluding hydrogens is 366 g/mol. The van der Waals surface area contributed by atoms with Crippen LogP contribution in [0.4, 0.5) is 5.82 Å². The van der Waals surface area contributed by atoms with Crippen molar-refractivity contribution in [1.29, 1.82) is 5.26 Å². The van der Waals surface area contributed by atoms with Crippen LogP contribution in [0.2, 0.25) is 0 Å². The van der Waals surface area contributed by atoms with E-state index in [1.54, 1.807) is 12.3 Å². The van der Waals surface area contributed by atoms with E-state index in [0.29, 0.717) is 18.7 Å². The average Bonchev–Trinajstić information content (AvgIpc) is 3.01. The highest BCUT2D eigenvalue weighted by molar-refractivity contribution is 5.39. The van der Waals surface area contributed by atoms with Crippen molar-refractivity contribution in [3.8, 4) is 6.07 Å². The summed E-state index contributed by atoms with van der Waals surface area (Å²) in [5.41, 5.74) is 2.43. The predicted molar refractivity (Wildman–Crippen MR) is 109 cm³/mol. The molecule has 2 aromatic rings. The molecule has 2 saturated heterocycles. The third-order valence-electron chi connectivity index (χ3n) is 5.50. The minimum Gasteiger partial charge on any atom is -0.377 e. The van der Waals surface area contributed by atoms with Crippen LogP contribution in [0.1, 0.15) is 29.8 Å². The first-order valence-electron chi connectivity index (χ1n) is 10.1. The van der Waals surface area contributed by atoms with Gasteiger partial charge in [-0.25, -0.2) is 4.98 Å². The summed E-state index contributed by atoms with van der Waals surface area (Å²) in [4.78, 5) is 11.3. The second-order valence-electron chi connectivity index (χ2n) is 7.92. The summed E-state index contributed by atoms with van der Waals surface area (Å²) in [5, 5.41) is 12.2. The minimum atomic E-state index is -0.259. The molecule has 1 spiro atoms. The number of nitrogens with zero attached hydrogens (tertiary/aromatic N) is 4. The summed E-state index contributed by atoms with van der Waals surface area (Å²) in [5.74, 6) is 0.762. The van der Waals surface area contributed by atoms with Crippen molar-refractivity contribution < 1.29 is 9.47 Å². The van der Waals surface area contributed by atoms with Gasteiger partial charge in [0.15, 0.2) is 0 Å². The van der Waals surface area contributed by atoms with Gasteiger partial charge in [-0.3, -0.25) is 9.88 Å². The number of nitriles is 1. The van der Waals surface area contributed by atoms with Crippen molar-refractivity contribution in [2.45, 2.75) is 38.0 Å². The molecule has 1 N–H and O–H groups in total. The largest absolute Gasteiger partial charge is 0.377 e. The molecule has 2 aromatic heterocycles. The van der Waals surface area contributed by atoms with Gasteiger partial charge in [-0.15, -0.1) is 0 Å². The van der Waals surface area contributed by atoms with Crippen molar-refractivity contribution in [3.05, 3.63) is 53.5 Å². The monoisotopic (exact) mass is 393 g/mol. The fraction of sp³-hybridized carbons (Fsp3) is 0.500. The number of hydrogen-bond acceptors (Lipinski definition) is 7. The van der Waals surface area contributed by atoms with E-state index in [9.17, 15) is 0 Å². The molecule has 0 unspecified atom stereocenters. The van der Waals surface area contributed by atoms with Gasteiger partial charge in [-0.2, -0.15) is 5.26 Å². The molecule has 0 aliphatic carbocycles. The molecule has 4 heterocycles. The van der Waals surface area contributed by atoms with Crippen LogP contribution >= 0.6 is 0 Å². The Morgan fingerprint density at radius 3 is 3.07 bits per heavy atom. The van der Waals surface area contributed by atoms with Gasteiger partial charge in [0.05, 0.1) is 30.6 Å². The van der Waals surface area contributed by atoms with E-state index in [1.807, 2.05) is 19.1 Å². The molecule has 2 aliphatic heterocycles. The fourth-order valence-electron chi connectivity index (χ4n) is 4.08. The highest BCUT2D eigenvalue weighted by Crippen LogP contribution is 2.33. The number of aromatic nitrogens is 2. The molecule has 2 fully saturated rings. The molecule has 7 heteroatoms. The third-order valence-corrected chi connectivity index (χ3v) is 5.50. The first kappa shape index (κ1) is 19.8. The number of anilines is 1. The first-order chi connectivity index (χ1) is 14.1. The maximum Gasteiger partial charge on any atom is 0.126 e. The minimum absolute atomic E-state index is 0.119. The second kappa shape index (κ2) is 8.87. The summed E-state index contributed by atoms with van der Waals surface area (Å²) in [6.45, 7) is 6.63. The Labute approximate surface area is 171 Å². The normalized spacial score (nSPS) is 24.9. The van der Waals surface area contributed by atoms with Crippen LogP contribution < -0.4 is 5.32 Å². The molecule has 29 heavy (non-hydrogen) atoms. The maximum atomic E-state index is 8.87. The van der Waals surface area contributed by atoms with Crippen molar-refractivity contribution in [2.24, 2.45) is 0 Å². The van der Waals surface area contributed by atoms with E-state index in [1.165, 1.54) is 0 Å². The Morgan fingerprint density at radius 2 is 2.28 bits per heavy atom. The van der Waals surface area contributed by atoms with Crippen LogP contribution in [0.3, 0.4) is 0 Å². The molecule has 0 bridgehead atoms. The molecule has 152 valence electrons. The van der Waals surface area contributed by atoms with Gasteiger partial charge in [0, 0.05) is 38.1 Å². The van der Waals surface area contributed by atoms with E-state index in [2.05, 4.69) is 38.4 Å². The molecule has 0 amide bonds. The Morgan fingerprint density at radius 1 is 1.34 bits per heavy atom. The molecule has 0 saturated carbocycles. The lowest BCUT2D eigenvalue weighted by Gasteiger charge is -2.32. The molecule has 2 atom stereocenters. The van der Waals surface area contributed by atoms with E-state index in [0.717, 1.165) is 56.3 Å². The SMILES string of the molecule is Cc1cccc(CN2CCOC[C@@]3(CC[C@H](CNc4ccc(C#N)cn4)O3)C2)n1. The van der Waals surface area contributed by atoms with Crippen molar-refractivity contribution in [3.63, 3.8) is 0 Å². The zero-order valence-electron chi connectivity index (χ0n) is 16.8. The molecule has 4 rings (SSSR count). The van der Waals surface area contributed by atoms with Crippen LogP contribution in [-0.4, -0.2) is 59.4 Å². The highest BCUT2D eigenvalue weighted by atomic mass is 16.6. The van der Waals surface area contributed by atoms with E-state index >= 15 is 0 Å². The Bertz CT molecular complexity index is 866. The standard InChI is InChI=1S/C22H27N5O2/c1-17-3-2-4-19(26-17)14-27-9-10-28-16-22(15-27)8-7-20(29-22)13-25-21-6-5-18(11-23)12-24-21/h2-6,12,20H,7-10,13-16H2,1H3,(H,24,25)/t20-,22-/m1/s1. The van der Waals surface area contributed by atoms with E-state index in [-0.39, 0.29) is 11.7 Å². The summed E-state index contributed by atoms with van der Waals surface area (Å²) in [6, 6.07) is 11.8. The summed E-state index contributed by atoms with van der Waals surface area (Å²) in [7, 11) is 0. The van der Waals surface area contributed by atoms with Gasteiger partial charge in [0.1, 0.15) is 17.5 Å². The van der Waals surface area contributed by atoms with Gasteiger partial charge in [-0.05, 0) is 44.0 Å². The lowest BCUT2D eigenvalue weighted by Crippen LogP contribution is -2.44. The van der Waals surface area contributed by atoms with Crippen LogP contribution in [0.25, 0.3) is 0 Å². The average molecular weight is 393 g/mol. The van der Waals surface area contributed by atoms with Crippen LogP contribution in [0, 0.1) is 18.3 Å². The third kappa shape index (κ3) is 5.10. The zero-order valence-corrected chi connectivity index (χ0v) is 16.8. The fourth-order valence-corrected chi connectivity index (χ4v) is 4.08. The molecular formula is C22H27N5O2. The summed E-state index contributed by atoms with van der Waals surface area (Å²) in [6.07, 6.45) is 3.67. The smallest absolute Gasteiger partial charge is 0.126 e. The first-order valence-corrected chi connectivity index (χ1v) is 10.1. The molecule has 0 aromatic carbocycles. The number of ether oxygens (including phenoxy) is 2. The van der Waals surface area contributed by atoms with E-state index < -0.39 is 0 Å². The number of pyridine rings is 2. The highest BCUT2D eigenvalue weighted by Gasteiger charge is 2.43. The topological polar surface area (TPSA) is 83.3 Å². The molecule has 0 radical (unpaired) electrons. The number of nitrogens with one attached hydrogen (secondary N) is 1. The van der Waals surface area contributed by atoms with Gasteiger partial charge < -0.3 is 14.8 Å². The predicted octanol–water partition coefficient (Wildman–Crippen LogP) is 2.52. The van der Waals surface area contributed by atoms with Gasteiger partial charge in [0.25, 0.3) is 0 Å². The van der Waals surface area contributed by atoms with Crippen molar-refractivity contribution in [2.75, 3.05) is 38.2 Å². The van der Waals surface area contributed by atoms with Gasteiger partial charge >= 0.3 is 0 Å². The molecule has 2 aliphatic rings. The van der Waals surface area contributed by atoms with Crippen LogP contribution in [0.5, 0.6) is 0 Å². The second-order valence-corrected chi connectivity index (χ2v) is 7.92. The summed E-state index contributed by atoms with van der Waals surface area (Å²) >= 11 is 0. The maximum absolute atomic E-state index is 8.87. The lowest BCUT2D eigenvalue weighted by molar-refractivity contribution is -0.0827. The number of hydrogen-bond donors (Lipinski definition) is 1. The van der Waals surface area contributed by atoms with Crippen molar-refractivity contribution >= 4 is 5.82 Å². The Hall–Kier alpha value is -2.53. The molecule has 7 nitrogen and oxygen atoms in total. The van der Waals surface area contributed by atoms with Crippen LogP contribution in [-0.2, 0) is 16.0 Å². The lowest BCUT2D eigenvalue weighted by atomic mass is 10.00. The number of rotatable bonds is 5. The Balaban J connectivity index is 1.34. The quantitative estimate of drug-likeness (QED) is 0.836. The van der Waals surface area contributed by atoms with Gasteiger partial charge in [0.2, 0.25) is 0 Å². The van der Waals surface area contributed by atoms with Gasteiger partial charge in [-0.1, -0.05) is 6.07 Å². The number of aryl methyl sites for hydroxylation is 1.